The average molecular weight is 379 g/mol. The van der Waals surface area contributed by atoms with E-state index < -0.39 is 0 Å². The first-order valence-corrected chi connectivity index (χ1v) is 9.89. The molecule has 2 atom stereocenters. The maximum atomic E-state index is 13.3. The van der Waals surface area contributed by atoms with Crippen molar-refractivity contribution in [2.75, 3.05) is 43.6 Å². The number of piperidine rings is 1. The molecular weight excluding hydrogens is 354 g/mol. The average Bonchev–Trinajstić information content (AvgIpc) is 3.01. The summed E-state index contributed by atoms with van der Waals surface area (Å²) < 4.78 is 11.2. The predicted molar refractivity (Wildman–Crippen MR) is 109 cm³/mol. The van der Waals surface area contributed by atoms with Gasteiger partial charge in [0.1, 0.15) is 13.2 Å². The molecule has 0 aliphatic carbocycles. The van der Waals surface area contributed by atoms with Gasteiger partial charge in [0.25, 0.3) is 0 Å². The second kappa shape index (κ2) is 6.71. The Hall–Kier alpha value is -2.73. The van der Waals surface area contributed by atoms with Crippen LogP contribution in [0.25, 0.3) is 0 Å². The van der Waals surface area contributed by atoms with Gasteiger partial charge in [0.05, 0.1) is 0 Å². The van der Waals surface area contributed by atoms with Gasteiger partial charge in [-0.25, -0.2) is 4.79 Å². The van der Waals surface area contributed by atoms with E-state index in [2.05, 4.69) is 42.4 Å². The van der Waals surface area contributed by atoms with E-state index in [1.165, 1.54) is 11.1 Å². The van der Waals surface area contributed by atoms with E-state index in [4.69, 9.17) is 9.47 Å². The molecule has 1 saturated heterocycles. The zero-order valence-electron chi connectivity index (χ0n) is 16.3. The second-order valence-corrected chi connectivity index (χ2v) is 7.95. The van der Waals surface area contributed by atoms with E-state index in [9.17, 15) is 4.79 Å². The Bertz CT molecular complexity index is 929. The number of carbonyl (C=O) groups excluding carboxylic acids is 1. The number of likely N-dealkylation sites (N-methyl/N-ethyl adjacent to an activating group) is 1. The van der Waals surface area contributed by atoms with Crippen molar-refractivity contribution >= 4 is 17.4 Å². The van der Waals surface area contributed by atoms with E-state index >= 15 is 0 Å². The number of aryl methyl sites for hydroxylation is 1. The molecule has 6 heteroatoms. The van der Waals surface area contributed by atoms with Crippen LogP contribution in [0.1, 0.15) is 23.5 Å². The SMILES string of the molecule is Cc1ccc2c(c1)C1CN(C)CCC1N2C(=O)Nc1ccc2c(c1)OCCO2. The van der Waals surface area contributed by atoms with Crippen LogP contribution in [0.15, 0.2) is 36.4 Å². The van der Waals surface area contributed by atoms with Crippen molar-refractivity contribution in [2.45, 2.75) is 25.3 Å². The minimum absolute atomic E-state index is 0.0844. The molecule has 3 heterocycles. The Kier molecular flexibility index (Phi) is 4.16. The third-order valence-electron chi connectivity index (χ3n) is 5.97. The van der Waals surface area contributed by atoms with Gasteiger partial charge in [0, 0.05) is 35.9 Å². The van der Waals surface area contributed by atoms with Gasteiger partial charge in [-0.1, -0.05) is 17.7 Å². The van der Waals surface area contributed by atoms with Crippen LogP contribution in [0.2, 0.25) is 0 Å². The summed E-state index contributed by atoms with van der Waals surface area (Å²) in [5, 5.41) is 3.07. The molecule has 2 unspecified atom stereocenters. The maximum absolute atomic E-state index is 13.3. The highest BCUT2D eigenvalue weighted by atomic mass is 16.6. The number of nitrogens with zero attached hydrogens (tertiary/aromatic N) is 2. The van der Waals surface area contributed by atoms with Crippen molar-refractivity contribution < 1.29 is 14.3 Å². The van der Waals surface area contributed by atoms with Gasteiger partial charge < -0.3 is 19.7 Å². The van der Waals surface area contributed by atoms with Gasteiger partial charge >= 0.3 is 6.03 Å². The zero-order chi connectivity index (χ0) is 19.3. The predicted octanol–water partition coefficient (Wildman–Crippen LogP) is 3.61. The fraction of sp³-hybridized carbons (Fsp3) is 0.409. The highest BCUT2D eigenvalue weighted by Crippen LogP contribution is 2.45. The molecule has 6 nitrogen and oxygen atoms in total. The first-order chi connectivity index (χ1) is 13.6. The van der Waals surface area contributed by atoms with Crippen LogP contribution in [0.5, 0.6) is 11.5 Å². The summed E-state index contributed by atoms with van der Waals surface area (Å²) in [6.07, 6.45) is 0.976. The number of urea groups is 1. The van der Waals surface area contributed by atoms with Crippen LogP contribution >= 0.6 is 0 Å². The molecule has 1 fully saturated rings. The third kappa shape index (κ3) is 2.88. The summed E-state index contributed by atoms with van der Waals surface area (Å²) in [5.41, 5.74) is 4.28. The lowest BCUT2D eigenvalue weighted by atomic mass is 9.89. The number of anilines is 2. The molecule has 0 bridgehead atoms. The summed E-state index contributed by atoms with van der Waals surface area (Å²) >= 11 is 0. The molecule has 0 spiro atoms. The van der Waals surface area contributed by atoms with Crippen LogP contribution in [0, 0.1) is 6.92 Å². The molecular formula is C22H25N3O3. The van der Waals surface area contributed by atoms with Crippen LogP contribution in [-0.2, 0) is 0 Å². The largest absolute Gasteiger partial charge is 0.486 e. The standard InChI is InChI=1S/C22H25N3O3/c1-14-3-5-18-16(11-14)17-13-24(2)8-7-19(17)25(18)22(26)23-15-4-6-20-21(12-15)28-10-9-27-20/h3-6,11-12,17,19H,7-10,13H2,1-2H3,(H,23,26). The smallest absolute Gasteiger partial charge is 0.326 e. The van der Waals surface area contributed by atoms with Crippen LogP contribution in [-0.4, -0.2) is 50.3 Å². The van der Waals surface area contributed by atoms with Crippen LogP contribution < -0.4 is 19.7 Å². The highest BCUT2D eigenvalue weighted by Gasteiger charge is 2.44. The Balaban J connectivity index is 1.44. The minimum atomic E-state index is -0.0844. The number of ether oxygens (including phenoxy) is 2. The lowest BCUT2D eigenvalue weighted by Crippen LogP contribution is -2.48. The molecule has 0 radical (unpaired) electrons. The van der Waals surface area contributed by atoms with Crippen molar-refractivity contribution in [3.05, 3.63) is 47.5 Å². The number of carbonyl (C=O) groups is 1. The maximum Gasteiger partial charge on any atom is 0.326 e. The Labute approximate surface area is 165 Å². The normalized spacial score (nSPS) is 23.1. The summed E-state index contributed by atoms with van der Waals surface area (Å²) in [5.74, 6) is 1.76. The first kappa shape index (κ1) is 17.4. The monoisotopic (exact) mass is 379 g/mol. The first-order valence-electron chi connectivity index (χ1n) is 9.89. The van der Waals surface area contributed by atoms with Crippen molar-refractivity contribution in [2.24, 2.45) is 0 Å². The minimum Gasteiger partial charge on any atom is -0.486 e. The van der Waals surface area contributed by atoms with Crippen molar-refractivity contribution in [3.8, 4) is 11.5 Å². The lowest BCUT2D eigenvalue weighted by molar-refractivity contribution is 0.171. The van der Waals surface area contributed by atoms with Gasteiger partial charge in [0.15, 0.2) is 11.5 Å². The fourth-order valence-corrected chi connectivity index (χ4v) is 4.65. The second-order valence-electron chi connectivity index (χ2n) is 7.95. The van der Waals surface area contributed by atoms with Crippen molar-refractivity contribution in [1.82, 2.24) is 4.90 Å². The molecule has 2 amide bonds. The number of nitrogens with one attached hydrogen (secondary N) is 1. The van der Waals surface area contributed by atoms with Gasteiger partial charge in [-0.05, 0) is 50.7 Å². The molecule has 2 aromatic carbocycles. The number of amides is 2. The molecule has 1 N–H and O–H groups in total. The topological polar surface area (TPSA) is 54.0 Å². The molecule has 0 saturated carbocycles. The Morgan fingerprint density at radius 3 is 2.79 bits per heavy atom. The lowest BCUT2D eigenvalue weighted by Gasteiger charge is -2.36. The Morgan fingerprint density at radius 1 is 1.11 bits per heavy atom. The van der Waals surface area contributed by atoms with Gasteiger partial charge in [0.2, 0.25) is 0 Å². The summed E-state index contributed by atoms with van der Waals surface area (Å²) in [7, 11) is 2.16. The number of rotatable bonds is 1. The van der Waals surface area contributed by atoms with Crippen molar-refractivity contribution in [3.63, 3.8) is 0 Å². The number of benzene rings is 2. The van der Waals surface area contributed by atoms with Gasteiger partial charge in [-0.3, -0.25) is 4.90 Å². The molecule has 5 rings (SSSR count). The number of likely N-dealkylation sites (tertiary alicyclic amines) is 1. The highest BCUT2D eigenvalue weighted by molar-refractivity contribution is 6.04. The molecule has 3 aliphatic heterocycles. The van der Waals surface area contributed by atoms with Crippen LogP contribution in [0.4, 0.5) is 16.2 Å². The van der Waals surface area contributed by atoms with E-state index in [-0.39, 0.29) is 12.1 Å². The quantitative estimate of drug-likeness (QED) is 0.823. The molecule has 28 heavy (non-hydrogen) atoms. The molecule has 0 aromatic heterocycles. The number of hydrogen-bond acceptors (Lipinski definition) is 4. The summed E-state index contributed by atoms with van der Waals surface area (Å²) in [6.45, 7) is 5.18. The summed E-state index contributed by atoms with van der Waals surface area (Å²) in [4.78, 5) is 17.6. The number of fused-ring (bicyclic) bond motifs is 4. The van der Waals surface area contributed by atoms with E-state index in [0.717, 1.165) is 36.6 Å². The molecule has 2 aromatic rings. The van der Waals surface area contributed by atoms with E-state index in [1.807, 2.05) is 23.1 Å². The van der Waals surface area contributed by atoms with E-state index in [1.54, 1.807) is 0 Å². The molecule has 3 aliphatic rings. The molecule has 146 valence electrons. The van der Waals surface area contributed by atoms with Crippen molar-refractivity contribution in [1.29, 1.82) is 0 Å². The number of hydrogen-bond donors (Lipinski definition) is 1. The fourth-order valence-electron chi connectivity index (χ4n) is 4.65. The zero-order valence-corrected chi connectivity index (χ0v) is 16.3. The van der Waals surface area contributed by atoms with Crippen LogP contribution in [0.3, 0.4) is 0 Å². The van der Waals surface area contributed by atoms with Gasteiger partial charge in [-0.2, -0.15) is 0 Å². The Morgan fingerprint density at radius 2 is 1.93 bits per heavy atom. The van der Waals surface area contributed by atoms with E-state index in [0.29, 0.717) is 24.9 Å². The third-order valence-corrected chi connectivity index (χ3v) is 5.97. The van der Waals surface area contributed by atoms with Gasteiger partial charge in [-0.15, -0.1) is 0 Å². The summed E-state index contributed by atoms with van der Waals surface area (Å²) in [6, 6.07) is 12.1.